The highest BCUT2D eigenvalue weighted by Gasteiger charge is 2.14. The van der Waals surface area contributed by atoms with E-state index in [9.17, 15) is 4.39 Å². The highest BCUT2D eigenvalue weighted by molar-refractivity contribution is 5.40. The second-order valence-electron chi connectivity index (χ2n) is 3.72. The smallest absolute Gasteiger partial charge is 0.214 e. The molecule has 0 aliphatic carbocycles. The van der Waals surface area contributed by atoms with E-state index < -0.39 is 5.95 Å². The van der Waals surface area contributed by atoms with Crippen molar-refractivity contribution in [3.05, 3.63) is 24.3 Å². The third kappa shape index (κ3) is 3.16. The summed E-state index contributed by atoms with van der Waals surface area (Å²) in [4.78, 5) is 3.49. The van der Waals surface area contributed by atoms with E-state index in [1.807, 2.05) is 0 Å². The lowest BCUT2D eigenvalue weighted by atomic mass is 10.2. The number of rotatable bonds is 4. The highest BCUT2D eigenvalue weighted by atomic mass is 19.1. The molecule has 1 aliphatic rings. The summed E-state index contributed by atoms with van der Waals surface area (Å²) >= 11 is 0. The van der Waals surface area contributed by atoms with Crippen LogP contribution in [0, 0.1) is 5.95 Å². The Morgan fingerprint density at radius 3 is 3.27 bits per heavy atom. The molecule has 1 saturated heterocycles. The molecule has 0 spiro atoms. The van der Waals surface area contributed by atoms with Crippen molar-refractivity contribution in [3.63, 3.8) is 0 Å². The third-order valence-electron chi connectivity index (χ3n) is 2.55. The van der Waals surface area contributed by atoms with Crippen LogP contribution in [0.25, 0.3) is 0 Å². The average Bonchev–Trinajstić information content (AvgIpc) is 2.71. The van der Waals surface area contributed by atoms with Crippen molar-refractivity contribution in [2.24, 2.45) is 0 Å². The summed E-state index contributed by atoms with van der Waals surface area (Å²) in [5.41, 5.74) is 0.778. The van der Waals surface area contributed by atoms with Gasteiger partial charge in [0, 0.05) is 31.1 Å². The van der Waals surface area contributed by atoms with E-state index in [2.05, 4.69) is 10.3 Å². The van der Waals surface area contributed by atoms with E-state index in [1.54, 1.807) is 6.07 Å². The normalized spacial score (nSPS) is 20.5. The minimum atomic E-state index is -0.447. The number of ether oxygens (including phenoxy) is 1. The van der Waals surface area contributed by atoms with Crippen LogP contribution in [0.4, 0.5) is 10.1 Å². The molecule has 3 nitrogen and oxygen atoms in total. The first-order valence-electron chi connectivity index (χ1n) is 5.31. The van der Waals surface area contributed by atoms with E-state index in [0.29, 0.717) is 6.10 Å². The molecule has 0 bridgehead atoms. The second-order valence-corrected chi connectivity index (χ2v) is 3.72. The minimum Gasteiger partial charge on any atom is -0.385 e. The summed E-state index contributed by atoms with van der Waals surface area (Å²) in [5, 5.41) is 3.15. The number of hydrogen-bond acceptors (Lipinski definition) is 3. The summed E-state index contributed by atoms with van der Waals surface area (Å²) in [5.74, 6) is -0.447. The van der Waals surface area contributed by atoms with Gasteiger partial charge in [0.05, 0.1) is 6.10 Å². The lowest BCUT2D eigenvalue weighted by Crippen LogP contribution is -2.12. The SMILES string of the molecule is Fc1cc(NCCC2CCCO2)ccn1. The minimum absolute atomic E-state index is 0.379. The molecule has 0 aromatic carbocycles. The Kier molecular flexibility index (Phi) is 3.50. The monoisotopic (exact) mass is 210 g/mol. The molecule has 82 valence electrons. The van der Waals surface area contributed by atoms with Crippen molar-refractivity contribution in [3.8, 4) is 0 Å². The topological polar surface area (TPSA) is 34.1 Å². The number of nitrogens with one attached hydrogen (secondary N) is 1. The van der Waals surface area contributed by atoms with Crippen molar-refractivity contribution in [2.75, 3.05) is 18.5 Å². The Balaban J connectivity index is 1.73. The third-order valence-corrected chi connectivity index (χ3v) is 2.55. The Hall–Kier alpha value is -1.16. The maximum atomic E-state index is 12.7. The fourth-order valence-electron chi connectivity index (χ4n) is 1.76. The number of hydrogen-bond donors (Lipinski definition) is 1. The van der Waals surface area contributed by atoms with Crippen LogP contribution in [-0.4, -0.2) is 24.2 Å². The van der Waals surface area contributed by atoms with Gasteiger partial charge in [-0.2, -0.15) is 4.39 Å². The lowest BCUT2D eigenvalue weighted by molar-refractivity contribution is 0.107. The van der Waals surface area contributed by atoms with Crippen molar-refractivity contribution in [1.82, 2.24) is 4.98 Å². The van der Waals surface area contributed by atoms with Crippen molar-refractivity contribution in [2.45, 2.75) is 25.4 Å². The first kappa shape index (κ1) is 10.4. The van der Waals surface area contributed by atoms with E-state index in [1.165, 1.54) is 12.3 Å². The zero-order valence-corrected chi connectivity index (χ0v) is 8.58. The molecule has 4 heteroatoms. The van der Waals surface area contributed by atoms with Gasteiger partial charge in [-0.25, -0.2) is 4.98 Å². The Labute approximate surface area is 88.7 Å². The lowest BCUT2D eigenvalue weighted by Gasteiger charge is -2.10. The number of halogens is 1. The molecular weight excluding hydrogens is 195 g/mol. The van der Waals surface area contributed by atoms with Gasteiger partial charge in [0.1, 0.15) is 0 Å². The van der Waals surface area contributed by atoms with Gasteiger partial charge >= 0.3 is 0 Å². The van der Waals surface area contributed by atoms with Gasteiger partial charge in [-0.1, -0.05) is 0 Å². The number of pyridine rings is 1. The van der Waals surface area contributed by atoms with Crippen molar-refractivity contribution in [1.29, 1.82) is 0 Å². The molecule has 2 rings (SSSR count). The predicted octanol–water partition coefficient (Wildman–Crippen LogP) is 2.20. The zero-order chi connectivity index (χ0) is 10.5. The maximum Gasteiger partial charge on any atom is 0.214 e. The Morgan fingerprint density at radius 1 is 1.60 bits per heavy atom. The number of anilines is 1. The van der Waals surface area contributed by atoms with Gasteiger partial charge in [-0.05, 0) is 25.3 Å². The van der Waals surface area contributed by atoms with E-state index in [-0.39, 0.29) is 0 Å². The summed E-state index contributed by atoms with van der Waals surface area (Å²) < 4.78 is 18.2. The molecule has 0 radical (unpaired) electrons. The molecule has 1 aliphatic heterocycles. The molecule has 1 fully saturated rings. The van der Waals surface area contributed by atoms with Gasteiger partial charge in [0.2, 0.25) is 5.95 Å². The first-order chi connectivity index (χ1) is 7.34. The highest BCUT2D eigenvalue weighted by Crippen LogP contribution is 2.15. The molecular formula is C11H15FN2O. The van der Waals surface area contributed by atoms with Crippen LogP contribution in [-0.2, 0) is 4.74 Å². The van der Waals surface area contributed by atoms with Crippen LogP contribution in [0.5, 0.6) is 0 Å². The van der Waals surface area contributed by atoms with Gasteiger partial charge in [-0.15, -0.1) is 0 Å². The first-order valence-corrected chi connectivity index (χ1v) is 5.31. The molecule has 1 aromatic heterocycles. The molecule has 1 N–H and O–H groups in total. The van der Waals surface area contributed by atoms with Crippen LogP contribution in [0.1, 0.15) is 19.3 Å². The van der Waals surface area contributed by atoms with Gasteiger partial charge in [-0.3, -0.25) is 0 Å². The fraction of sp³-hybridized carbons (Fsp3) is 0.545. The quantitative estimate of drug-likeness (QED) is 0.773. The largest absolute Gasteiger partial charge is 0.385 e. The maximum absolute atomic E-state index is 12.7. The summed E-state index contributed by atoms with van der Waals surface area (Å²) in [7, 11) is 0. The molecule has 1 unspecified atom stereocenters. The molecule has 2 heterocycles. The molecule has 0 saturated carbocycles. The van der Waals surface area contributed by atoms with Crippen molar-refractivity contribution < 1.29 is 9.13 Å². The van der Waals surface area contributed by atoms with Crippen LogP contribution in [0.3, 0.4) is 0 Å². The summed E-state index contributed by atoms with van der Waals surface area (Å²) in [6.45, 7) is 1.70. The molecule has 1 atom stereocenters. The molecule has 1 aromatic rings. The Morgan fingerprint density at radius 2 is 2.53 bits per heavy atom. The van der Waals surface area contributed by atoms with Crippen molar-refractivity contribution >= 4 is 5.69 Å². The standard InChI is InChI=1S/C11H15FN2O/c12-11-8-9(3-5-14-11)13-6-4-10-2-1-7-15-10/h3,5,8,10H,1-2,4,6-7H2,(H,13,14). The second kappa shape index (κ2) is 5.07. The van der Waals surface area contributed by atoms with Crippen LogP contribution in [0.2, 0.25) is 0 Å². The molecule has 0 amide bonds. The van der Waals surface area contributed by atoms with Crippen LogP contribution < -0.4 is 5.32 Å². The summed E-state index contributed by atoms with van der Waals surface area (Å²) in [6, 6.07) is 3.16. The zero-order valence-electron chi connectivity index (χ0n) is 8.58. The predicted molar refractivity (Wildman–Crippen MR) is 56.3 cm³/mol. The fourth-order valence-corrected chi connectivity index (χ4v) is 1.76. The van der Waals surface area contributed by atoms with Gasteiger partial charge in [0.25, 0.3) is 0 Å². The molecule has 15 heavy (non-hydrogen) atoms. The van der Waals surface area contributed by atoms with Crippen LogP contribution >= 0.6 is 0 Å². The van der Waals surface area contributed by atoms with Crippen LogP contribution in [0.15, 0.2) is 18.3 Å². The Bertz CT molecular complexity index is 313. The van der Waals surface area contributed by atoms with E-state index >= 15 is 0 Å². The van der Waals surface area contributed by atoms with E-state index in [0.717, 1.165) is 38.1 Å². The van der Waals surface area contributed by atoms with Gasteiger partial charge in [0.15, 0.2) is 0 Å². The number of aromatic nitrogens is 1. The summed E-state index contributed by atoms with van der Waals surface area (Å²) in [6.07, 6.45) is 5.12. The number of nitrogens with zero attached hydrogens (tertiary/aromatic N) is 1. The van der Waals surface area contributed by atoms with Gasteiger partial charge < -0.3 is 10.1 Å². The average molecular weight is 210 g/mol. The van der Waals surface area contributed by atoms with E-state index in [4.69, 9.17) is 4.74 Å².